The maximum atomic E-state index is 3.98. The summed E-state index contributed by atoms with van der Waals surface area (Å²) in [4.78, 5) is 3.71. The van der Waals surface area contributed by atoms with Crippen molar-refractivity contribution in [1.82, 2.24) is 10.3 Å². The van der Waals surface area contributed by atoms with Gasteiger partial charge in [-0.15, -0.1) is 0 Å². The number of fused-ring (bicyclic) bond motifs is 3. The first-order chi connectivity index (χ1) is 10.4. The third-order valence-corrected chi connectivity index (χ3v) is 5.41. The van der Waals surface area contributed by atoms with Crippen LogP contribution >= 0.6 is 0 Å². The van der Waals surface area contributed by atoms with Gasteiger partial charge in [0.15, 0.2) is 0 Å². The van der Waals surface area contributed by atoms with Crippen LogP contribution in [-0.4, -0.2) is 11.0 Å². The van der Waals surface area contributed by atoms with Gasteiger partial charge < -0.3 is 10.3 Å². The van der Waals surface area contributed by atoms with Crippen molar-refractivity contribution in [2.24, 2.45) is 0 Å². The number of benzene rings is 1. The third kappa shape index (κ3) is 2.62. The highest BCUT2D eigenvalue weighted by Gasteiger charge is 2.26. The second-order valence-corrected chi connectivity index (χ2v) is 6.86. The Hall–Kier alpha value is -1.28. The molecule has 2 aliphatic rings. The van der Waals surface area contributed by atoms with Crippen molar-refractivity contribution in [1.29, 1.82) is 0 Å². The highest BCUT2D eigenvalue weighted by molar-refractivity contribution is 5.85. The minimum Gasteiger partial charge on any atom is -0.357 e. The van der Waals surface area contributed by atoms with E-state index < -0.39 is 0 Å². The van der Waals surface area contributed by atoms with Crippen molar-refractivity contribution in [2.45, 2.75) is 69.9 Å². The summed E-state index contributed by atoms with van der Waals surface area (Å²) in [7, 11) is 0. The number of aromatic nitrogens is 1. The van der Waals surface area contributed by atoms with Crippen molar-refractivity contribution in [3.8, 4) is 0 Å². The zero-order valence-electron chi connectivity index (χ0n) is 12.8. The largest absolute Gasteiger partial charge is 0.357 e. The van der Waals surface area contributed by atoms with Crippen molar-refractivity contribution in [3.63, 3.8) is 0 Å². The maximum Gasteiger partial charge on any atom is 0.0478 e. The summed E-state index contributed by atoms with van der Waals surface area (Å²) in [5.41, 5.74) is 4.37. The topological polar surface area (TPSA) is 27.8 Å². The highest BCUT2D eigenvalue weighted by atomic mass is 15.0. The Labute approximate surface area is 127 Å². The van der Waals surface area contributed by atoms with Gasteiger partial charge in [-0.05, 0) is 43.7 Å². The normalized spacial score (nSPS) is 23.9. The van der Waals surface area contributed by atoms with Crippen LogP contribution < -0.4 is 5.32 Å². The molecule has 21 heavy (non-hydrogen) atoms. The van der Waals surface area contributed by atoms with Crippen LogP contribution in [0, 0.1) is 0 Å². The molecule has 4 rings (SSSR count). The Morgan fingerprint density at radius 2 is 1.71 bits per heavy atom. The number of aromatic amines is 1. The molecule has 2 N–H and O–H groups in total. The zero-order chi connectivity index (χ0) is 14.1. The van der Waals surface area contributed by atoms with Gasteiger partial charge in [-0.2, -0.15) is 0 Å². The van der Waals surface area contributed by atoms with Gasteiger partial charge >= 0.3 is 0 Å². The molecule has 112 valence electrons. The van der Waals surface area contributed by atoms with Gasteiger partial charge in [0, 0.05) is 28.7 Å². The van der Waals surface area contributed by atoms with Crippen LogP contribution in [0.15, 0.2) is 24.3 Å². The van der Waals surface area contributed by atoms with Crippen LogP contribution in [0.5, 0.6) is 0 Å². The molecule has 1 aromatic heterocycles. The molecule has 1 unspecified atom stereocenters. The summed E-state index contributed by atoms with van der Waals surface area (Å²) >= 11 is 0. The van der Waals surface area contributed by atoms with Gasteiger partial charge in [0.2, 0.25) is 0 Å². The van der Waals surface area contributed by atoms with Crippen LogP contribution in [0.2, 0.25) is 0 Å². The summed E-state index contributed by atoms with van der Waals surface area (Å²) in [5.74, 6) is 0. The molecule has 2 nitrogen and oxygen atoms in total. The Kier molecular flexibility index (Phi) is 3.72. The molecule has 1 saturated carbocycles. The molecule has 2 aromatic rings. The predicted molar refractivity (Wildman–Crippen MR) is 88.6 cm³/mol. The van der Waals surface area contributed by atoms with Gasteiger partial charge in [-0.1, -0.05) is 43.9 Å². The van der Waals surface area contributed by atoms with Gasteiger partial charge in [-0.25, -0.2) is 0 Å². The molecule has 1 atom stereocenters. The molecule has 2 heteroatoms. The van der Waals surface area contributed by atoms with Crippen LogP contribution in [-0.2, 0) is 6.42 Å². The lowest BCUT2D eigenvalue weighted by atomic mass is 9.90. The molecule has 0 aliphatic heterocycles. The minimum absolute atomic E-state index is 0.546. The highest BCUT2D eigenvalue weighted by Crippen LogP contribution is 2.35. The lowest BCUT2D eigenvalue weighted by Crippen LogP contribution is -2.34. The van der Waals surface area contributed by atoms with Gasteiger partial charge in [-0.3, -0.25) is 0 Å². The summed E-state index contributed by atoms with van der Waals surface area (Å²) in [5, 5.41) is 5.43. The second-order valence-electron chi connectivity index (χ2n) is 6.86. The number of para-hydroxylation sites is 1. The minimum atomic E-state index is 0.546. The van der Waals surface area contributed by atoms with E-state index in [0.717, 1.165) is 6.04 Å². The second kappa shape index (κ2) is 5.84. The Morgan fingerprint density at radius 3 is 2.57 bits per heavy atom. The Balaban J connectivity index is 1.60. The fraction of sp³-hybridized carbons (Fsp3) is 0.579. The monoisotopic (exact) mass is 282 g/mol. The van der Waals surface area contributed by atoms with Crippen LogP contribution in [0.1, 0.15) is 68.7 Å². The first kappa shape index (κ1) is 13.4. The number of hydrogen-bond acceptors (Lipinski definition) is 1. The standard InChI is InChI=1S/C19H26N2/c1-2-4-9-14(8-3-1)20-18-13-7-11-16-15-10-5-6-12-17(15)21-19(16)18/h5-6,10,12,14,18,20-21H,1-4,7-9,11,13H2. The molecule has 1 aromatic carbocycles. The van der Waals surface area contributed by atoms with Crippen molar-refractivity contribution < 1.29 is 0 Å². The molecular formula is C19H26N2. The van der Waals surface area contributed by atoms with E-state index in [2.05, 4.69) is 34.6 Å². The van der Waals surface area contributed by atoms with E-state index >= 15 is 0 Å². The molecule has 1 heterocycles. The first-order valence-electron chi connectivity index (χ1n) is 8.77. The molecule has 0 amide bonds. The van der Waals surface area contributed by atoms with E-state index in [0.29, 0.717) is 6.04 Å². The lowest BCUT2D eigenvalue weighted by Gasteiger charge is -2.28. The van der Waals surface area contributed by atoms with Crippen LogP contribution in [0.4, 0.5) is 0 Å². The fourth-order valence-corrected chi connectivity index (χ4v) is 4.31. The van der Waals surface area contributed by atoms with Gasteiger partial charge in [0.25, 0.3) is 0 Å². The number of nitrogens with one attached hydrogen (secondary N) is 2. The van der Waals surface area contributed by atoms with E-state index in [9.17, 15) is 0 Å². The smallest absolute Gasteiger partial charge is 0.0478 e. The Morgan fingerprint density at radius 1 is 0.905 bits per heavy atom. The molecule has 1 fully saturated rings. The van der Waals surface area contributed by atoms with Crippen molar-refractivity contribution in [2.75, 3.05) is 0 Å². The van der Waals surface area contributed by atoms with E-state index in [1.165, 1.54) is 74.4 Å². The number of hydrogen-bond donors (Lipinski definition) is 2. The summed E-state index contributed by atoms with van der Waals surface area (Å²) in [6.45, 7) is 0. The summed E-state index contributed by atoms with van der Waals surface area (Å²) < 4.78 is 0. The molecule has 2 aliphatic carbocycles. The molecule has 0 bridgehead atoms. The quantitative estimate of drug-likeness (QED) is 0.757. The van der Waals surface area contributed by atoms with E-state index in [4.69, 9.17) is 0 Å². The average Bonchev–Trinajstić information content (AvgIpc) is 2.70. The SMILES string of the molecule is c1ccc2c3c([nH]c2c1)C(NC1CCCCCC1)CCC3. The Bertz CT molecular complexity index is 605. The zero-order valence-corrected chi connectivity index (χ0v) is 12.8. The molecule has 0 spiro atoms. The number of aryl methyl sites for hydroxylation is 1. The summed E-state index contributed by atoms with van der Waals surface area (Å²) in [6, 6.07) is 10.1. The molecule has 0 saturated heterocycles. The van der Waals surface area contributed by atoms with Gasteiger partial charge in [0.1, 0.15) is 0 Å². The van der Waals surface area contributed by atoms with Crippen molar-refractivity contribution >= 4 is 10.9 Å². The predicted octanol–water partition coefficient (Wildman–Crippen LogP) is 4.86. The first-order valence-corrected chi connectivity index (χ1v) is 8.77. The number of rotatable bonds is 2. The van der Waals surface area contributed by atoms with E-state index in [1.54, 1.807) is 5.56 Å². The summed E-state index contributed by atoms with van der Waals surface area (Å²) in [6.07, 6.45) is 12.3. The lowest BCUT2D eigenvalue weighted by molar-refractivity contribution is 0.364. The van der Waals surface area contributed by atoms with E-state index in [1.807, 2.05) is 0 Å². The van der Waals surface area contributed by atoms with E-state index in [-0.39, 0.29) is 0 Å². The fourth-order valence-electron chi connectivity index (χ4n) is 4.31. The molecular weight excluding hydrogens is 256 g/mol. The number of H-pyrrole nitrogens is 1. The maximum absolute atomic E-state index is 3.98. The third-order valence-electron chi connectivity index (χ3n) is 5.41. The average molecular weight is 282 g/mol. The van der Waals surface area contributed by atoms with Crippen molar-refractivity contribution in [3.05, 3.63) is 35.5 Å². The molecule has 0 radical (unpaired) electrons. The van der Waals surface area contributed by atoms with Gasteiger partial charge in [0.05, 0.1) is 0 Å². The van der Waals surface area contributed by atoms with Crippen LogP contribution in [0.25, 0.3) is 10.9 Å². The van der Waals surface area contributed by atoms with Crippen LogP contribution in [0.3, 0.4) is 0 Å².